The summed E-state index contributed by atoms with van der Waals surface area (Å²) < 4.78 is 43.3. The van der Waals surface area contributed by atoms with E-state index >= 15 is 4.39 Å². The van der Waals surface area contributed by atoms with Gasteiger partial charge in [-0.1, -0.05) is 12.1 Å². The van der Waals surface area contributed by atoms with Crippen molar-refractivity contribution in [3.63, 3.8) is 0 Å². The SMILES string of the molecule is N#Cc1ccc(COc2cccc(N3CCC(=C(F)c4nc5ccc(C(=O)O)cc5n4C[C@@H]4CCO4)CC3)n2)c(F)c1. The van der Waals surface area contributed by atoms with Crippen molar-refractivity contribution >= 4 is 28.6 Å². The van der Waals surface area contributed by atoms with Gasteiger partial charge in [0.05, 0.1) is 40.9 Å². The van der Waals surface area contributed by atoms with Gasteiger partial charge in [0, 0.05) is 31.3 Å². The summed E-state index contributed by atoms with van der Waals surface area (Å²) >= 11 is 0. The number of carbonyl (C=O) groups is 1. The van der Waals surface area contributed by atoms with E-state index in [2.05, 4.69) is 9.97 Å². The van der Waals surface area contributed by atoms with Crippen LogP contribution < -0.4 is 9.64 Å². The van der Waals surface area contributed by atoms with Gasteiger partial charge in [0.25, 0.3) is 0 Å². The average Bonchev–Trinajstić information content (AvgIpc) is 3.35. The van der Waals surface area contributed by atoms with E-state index in [0.29, 0.717) is 73.0 Å². The number of halogens is 2. The van der Waals surface area contributed by atoms with E-state index in [4.69, 9.17) is 14.7 Å². The first kappa shape index (κ1) is 27.4. The molecule has 11 heteroatoms. The van der Waals surface area contributed by atoms with Gasteiger partial charge in [-0.2, -0.15) is 10.2 Å². The minimum Gasteiger partial charge on any atom is -0.478 e. The number of imidazole rings is 1. The predicted octanol–water partition coefficient (Wildman–Crippen LogP) is 5.49. The number of piperidine rings is 1. The van der Waals surface area contributed by atoms with Crippen LogP contribution in [0.2, 0.25) is 0 Å². The Labute approximate surface area is 240 Å². The van der Waals surface area contributed by atoms with Gasteiger partial charge in [-0.3, -0.25) is 0 Å². The molecular formula is C31H27F2N5O4. The lowest BCUT2D eigenvalue weighted by atomic mass is 10.0. The second-order valence-electron chi connectivity index (χ2n) is 10.3. The average molecular weight is 572 g/mol. The van der Waals surface area contributed by atoms with Crippen molar-refractivity contribution in [1.82, 2.24) is 14.5 Å². The Hall–Kier alpha value is -4.82. The molecule has 1 atom stereocenters. The molecule has 1 N–H and O–H groups in total. The number of ether oxygens (including phenoxy) is 2. The molecule has 0 radical (unpaired) electrons. The lowest BCUT2D eigenvalue weighted by Gasteiger charge is -2.30. The molecule has 2 aromatic carbocycles. The van der Waals surface area contributed by atoms with Crippen molar-refractivity contribution in [3.05, 3.63) is 88.5 Å². The number of rotatable bonds is 8. The number of anilines is 1. The third kappa shape index (κ3) is 5.53. The third-order valence-corrected chi connectivity index (χ3v) is 7.64. The first-order valence-corrected chi connectivity index (χ1v) is 13.7. The Morgan fingerprint density at radius 1 is 1.14 bits per heavy atom. The Kier molecular flexibility index (Phi) is 7.54. The number of nitrogens with zero attached hydrogens (tertiary/aromatic N) is 5. The monoisotopic (exact) mass is 571 g/mol. The first-order chi connectivity index (χ1) is 20.4. The molecule has 0 spiro atoms. The lowest BCUT2D eigenvalue weighted by molar-refractivity contribution is -0.0588. The Morgan fingerprint density at radius 2 is 1.95 bits per heavy atom. The lowest BCUT2D eigenvalue weighted by Crippen LogP contribution is -2.32. The minimum absolute atomic E-state index is 0.0348. The topological polar surface area (TPSA) is 114 Å². The molecule has 214 valence electrons. The van der Waals surface area contributed by atoms with Crippen LogP contribution >= 0.6 is 0 Å². The Bertz CT molecular complexity index is 1730. The molecule has 0 saturated carbocycles. The van der Waals surface area contributed by atoms with E-state index in [9.17, 15) is 14.3 Å². The molecule has 4 heterocycles. The van der Waals surface area contributed by atoms with Gasteiger partial charge in [0.15, 0.2) is 11.7 Å². The maximum Gasteiger partial charge on any atom is 0.335 e. The summed E-state index contributed by atoms with van der Waals surface area (Å²) in [5.74, 6) is -0.772. The molecule has 42 heavy (non-hydrogen) atoms. The predicted molar refractivity (Wildman–Crippen MR) is 150 cm³/mol. The zero-order valence-electron chi connectivity index (χ0n) is 22.6. The normalized spacial score (nSPS) is 16.6. The summed E-state index contributed by atoms with van der Waals surface area (Å²) in [5.41, 5.74) is 2.41. The van der Waals surface area contributed by atoms with Crippen molar-refractivity contribution in [2.24, 2.45) is 0 Å². The number of aromatic carboxylic acids is 1. The van der Waals surface area contributed by atoms with Crippen LogP contribution in [0.15, 0.2) is 60.2 Å². The minimum atomic E-state index is -1.05. The maximum absolute atomic E-state index is 16.0. The van der Waals surface area contributed by atoms with Crippen LogP contribution in [0, 0.1) is 17.1 Å². The van der Waals surface area contributed by atoms with Crippen molar-refractivity contribution in [2.75, 3.05) is 24.6 Å². The number of hydrogen-bond donors (Lipinski definition) is 1. The Balaban J connectivity index is 1.18. The summed E-state index contributed by atoms with van der Waals surface area (Å²) in [4.78, 5) is 22.7. The van der Waals surface area contributed by atoms with E-state index in [-0.39, 0.29) is 29.7 Å². The molecule has 0 unspecified atom stereocenters. The molecule has 0 aliphatic carbocycles. The number of fused-ring (bicyclic) bond motifs is 1. The van der Waals surface area contributed by atoms with Gasteiger partial charge in [0.1, 0.15) is 18.2 Å². The summed E-state index contributed by atoms with van der Waals surface area (Å²) in [6.45, 7) is 2.06. The summed E-state index contributed by atoms with van der Waals surface area (Å²) in [7, 11) is 0. The number of benzene rings is 2. The number of pyridine rings is 1. The Morgan fingerprint density at radius 3 is 2.64 bits per heavy atom. The summed E-state index contributed by atoms with van der Waals surface area (Å²) in [6, 6.07) is 16.1. The van der Waals surface area contributed by atoms with Crippen LogP contribution in [0.4, 0.5) is 14.6 Å². The first-order valence-electron chi connectivity index (χ1n) is 13.7. The van der Waals surface area contributed by atoms with E-state index < -0.39 is 17.6 Å². The quantitative estimate of drug-likeness (QED) is 0.296. The zero-order chi connectivity index (χ0) is 29.2. The molecule has 0 amide bonds. The molecule has 9 nitrogen and oxygen atoms in total. The highest BCUT2D eigenvalue weighted by atomic mass is 19.1. The van der Waals surface area contributed by atoms with Crippen molar-refractivity contribution in [3.8, 4) is 11.9 Å². The van der Waals surface area contributed by atoms with E-state index in [1.54, 1.807) is 22.8 Å². The molecule has 2 aliphatic heterocycles. The fraction of sp³-hybridized carbons (Fsp3) is 0.290. The number of hydrogen-bond acceptors (Lipinski definition) is 7. The molecular weight excluding hydrogens is 544 g/mol. The summed E-state index contributed by atoms with van der Waals surface area (Å²) in [5, 5.41) is 18.4. The van der Waals surface area contributed by atoms with Crippen LogP contribution in [0.25, 0.3) is 16.9 Å². The van der Waals surface area contributed by atoms with E-state index in [1.807, 2.05) is 17.0 Å². The number of aromatic nitrogens is 3. The molecule has 2 saturated heterocycles. The van der Waals surface area contributed by atoms with Gasteiger partial charge in [-0.25, -0.2) is 18.6 Å². The van der Waals surface area contributed by atoms with Crippen LogP contribution in [0.5, 0.6) is 5.88 Å². The number of nitriles is 1. The van der Waals surface area contributed by atoms with E-state index in [1.165, 1.54) is 30.3 Å². The number of carboxylic acids is 1. The van der Waals surface area contributed by atoms with Gasteiger partial charge in [-0.15, -0.1) is 0 Å². The molecule has 0 bridgehead atoms. The van der Waals surface area contributed by atoms with Crippen LogP contribution in [0.3, 0.4) is 0 Å². The largest absolute Gasteiger partial charge is 0.478 e. The second-order valence-corrected chi connectivity index (χ2v) is 10.3. The van der Waals surface area contributed by atoms with Gasteiger partial charge in [-0.05, 0) is 61.2 Å². The molecule has 2 aromatic heterocycles. The van der Waals surface area contributed by atoms with Gasteiger partial charge >= 0.3 is 5.97 Å². The molecule has 2 aliphatic rings. The fourth-order valence-electron chi connectivity index (χ4n) is 5.17. The second kappa shape index (κ2) is 11.6. The fourth-order valence-corrected chi connectivity index (χ4v) is 5.17. The zero-order valence-corrected chi connectivity index (χ0v) is 22.6. The van der Waals surface area contributed by atoms with Gasteiger partial charge < -0.3 is 24.0 Å². The van der Waals surface area contributed by atoms with Gasteiger partial charge in [0.2, 0.25) is 5.88 Å². The molecule has 4 aromatic rings. The molecule has 2 fully saturated rings. The molecule has 6 rings (SSSR count). The maximum atomic E-state index is 16.0. The smallest absolute Gasteiger partial charge is 0.335 e. The highest BCUT2D eigenvalue weighted by Crippen LogP contribution is 2.33. The highest BCUT2D eigenvalue weighted by molar-refractivity contribution is 5.93. The highest BCUT2D eigenvalue weighted by Gasteiger charge is 2.27. The van der Waals surface area contributed by atoms with Crippen LogP contribution in [-0.2, 0) is 17.9 Å². The van der Waals surface area contributed by atoms with Crippen LogP contribution in [-0.4, -0.2) is 51.4 Å². The number of carboxylic acid groups (broad SMARTS) is 1. The van der Waals surface area contributed by atoms with Crippen molar-refractivity contribution in [1.29, 1.82) is 5.26 Å². The third-order valence-electron chi connectivity index (χ3n) is 7.64. The van der Waals surface area contributed by atoms with Crippen molar-refractivity contribution in [2.45, 2.75) is 38.5 Å². The van der Waals surface area contributed by atoms with Crippen molar-refractivity contribution < 1.29 is 28.2 Å². The summed E-state index contributed by atoms with van der Waals surface area (Å²) in [6.07, 6.45) is 1.70. The van der Waals surface area contributed by atoms with E-state index in [0.717, 1.165) is 6.42 Å². The standard InChI is InChI=1S/C31H27F2N5O4/c32-24-14-19(16-34)4-5-22(24)18-42-28-3-1-2-27(36-28)37-11-8-20(9-12-37)29(33)30-35-25-7-6-21(31(39)40)15-26(25)38(30)17-23-10-13-41-23/h1-7,14-15,23H,8-13,17-18H2,(H,39,40)/t23-/m0/s1. The van der Waals surface area contributed by atoms with Crippen LogP contribution in [0.1, 0.15) is 46.6 Å².